The molecule has 2 saturated carbocycles. The molecule has 2 aliphatic carbocycles. The zero-order valence-corrected chi connectivity index (χ0v) is 10.3. The normalized spacial score (nSPS) is 44.9. The molecule has 0 radical (unpaired) electrons. The topological polar surface area (TPSA) is 20.2 Å². The molecule has 1 N–H and O–H groups in total. The van der Waals surface area contributed by atoms with Crippen molar-refractivity contribution in [2.24, 2.45) is 16.7 Å². The molecule has 0 saturated heterocycles. The van der Waals surface area contributed by atoms with Gasteiger partial charge in [0, 0.05) is 0 Å². The molecule has 2 aliphatic rings. The molecule has 0 aromatic carbocycles. The molecule has 0 spiro atoms. The van der Waals surface area contributed by atoms with Crippen LogP contribution in [0.15, 0.2) is 12.2 Å². The van der Waals surface area contributed by atoms with E-state index >= 15 is 0 Å². The Kier molecular flexibility index (Phi) is 2.50. The minimum absolute atomic E-state index is 0.0910. The lowest BCUT2D eigenvalue weighted by Crippen LogP contribution is -2.51. The molecule has 0 bridgehead atoms. The van der Waals surface area contributed by atoms with Crippen molar-refractivity contribution >= 4 is 0 Å². The van der Waals surface area contributed by atoms with Crippen molar-refractivity contribution in [1.82, 2.24) is 0 Å². The Morgan fingerprint density at radius 1 is 1.27 bits per heavy atom. The first-order valence-corrected chi connectivity index (χ1v) is 6.21. The first-order valence-electron chi connectivity index (χ1n) is 6.21. The van der Waals surface area contributed by atoms with Gasteiger partial charge in [0.05, 0.1) is 6.10 Å². The van der Waals surface area contributed by atoms with E-state index < -0.39 is 0 Å². The number of rotatable bonds is 0. The number of hydrogen-bond acceptors (Lipinski definition) is 1. The molecule has 15 heavy (non-hydrogen) atoms. The first kappa shape index (κ1) is 11.2. The summed E-state index contributed by atoms with van der Waals surface area (Å²) in [5.41, 5.74) is 1.91. The highest BCUT2D eigenvalue weighted by Crippen LogP contribution is 2.58. The number of allylic oxidation sites excluding steroid dienone is 1. The summed E-state index contributed by atoms with van der Waals surface area (Å²) in [6.07, 6.45) is 5.58. The predicted molar refractivity (Wildman–Crippen MR) is 63.6 cm³/mol. The van der Waals surface area contributed by atoms with Gasteiger partial charge in [-0.1, -0.05) is 32.9 Å². The second-order valence-corrected chi connectivity index (χ2v) is 6.55. The van der Waals surface area contributed by atoms with E-state index in [1.54, 1.807) is 0 Å². The van der Waals surface area contributed by atoms with Crippen LogP contribution in [0.2, 0.25) is 0 Å². The number of fused-ring (bicyclic) bond motifs is 1. The number of aliphatic hydroxyl groups is 1. The number of aliphatic hydroxyl groups excluding tert-OH is 1. The second kappa shape index (κ2) is 3.35. The van der Waals surface area contributed by atoms with Crippen LogP contribution in [0.4, 0.5) is 0 Å². The van der Waals surface area contributed by atoms with E-state index in [9.17, 15) is 5.11 Å². The highest BCUT2D eigenvalue weighted by Gasteiger charge is 2.51. The molecular weight excluding hydrogens is 184 g/mol. The quantitative estimate of drug-likeness (QED) is 0.604. The van der Waals surface area contributed by atoms with Crippen molar-refractivity contribution in [2.45, 2.75) is 59.0 Å². The Labute approximate surface area is 93.6 Å². The summed E-state index contributed by atoms with van der Waals surface area (Å²) in [6.45, 7) is 11.0. The van der Waals surface area contributed by atoms with Crippen LogP contribution in [0, 0.1) is 16.7 Å². The van der Waals surface area contributed by atoms with E-state index in [0.717, 1.165) is 12.8 Å². The van der Waals surface area contributed by atoms with E-state index in [4.69, 9.17) is 0 Å². The summed E-state index contributed by atoms with van der Waals surface area (Å²) in [6, 6.07) is 0. The van der Waals surface area contributed by atoms with Gasteiger partial charge in [0.15, 0.2) is 0 Å². The molecule has 0 aromatic rings. The monoisotopic (exact) mass is 208 g/mol. The van der Waals surface area contributed by atoms with Crippen LogP contribution in [-0.2, 0) is 0 Å². The third-order valence-corrected chi connectivity index (χ3v) is 5.03. The Hall–Kier alpha value is -0.300. The summed E-state index contributed by atoms with van der Waals surface area (Å²) in [5, 5.41) is 10.1. The van der Waals surface area contributed by atoms with Crippen LogP contribution in [-0.4, -0.2) is 11.2 Å². The minimum Gasteiger partial charge on any atom is -0.393 e. The maximum Gasteiger partial charge on any atom is 0.0594 e. The largest absolute Gasteiger partial charge is 0.393 e. The van der Waals surface area contributed by atoms with E-state index in [0.29, 0.717) is 11.3 Å². The summed E-state index contributed by atoms with van der Waals surface area (Å²) in [7, 11) is 0. The third kappa shape index (κ3) is 1.65. The van der Waals surface area contributed by atoms with E-state index in [2.05, 4.69) is 27.4 Å². The average Bonchev–Trinajstić information content (AvgIpc) is 2.11. The van der Waals surface area contributed by atoms with Gasteiger partial charge in [0.1, 0.15) is 0 Å². The molecule has 1 nitrogen and oxygen atoms in total. The van der Waals surface area contributed by atoms with Gasteiger partial charge in [-0.2, -0.15) is 0 Å². The molecule has 1 heteroatoms. The Balaban J connectivity index is 2.29. The van der Waals surface area contributed by atoms with Gasteiger partial charge in [-0.15, -0.1) is 0 Å². The number of hydrogen-bond donors (Lipinski definition) is 1. The van der Waals surface area contributed by atoms with Crippen LogP contribution < -0.4 is 0 Å². The van der Waals surface area contributed by atoms with Crippen molar-refractivity contribution in [3.63, 3.8) is 0 Å². The van der Waals surface area contributed by atoms with Crippen molar-refractivity contribution in [3.05, 3.63) is 12.2 Å². The van der Waals surface area contributed by atoms with Gasteiger partial charge in [0.2, 0.25) is 0 Å². The lowest BCUT2D eigenvalue weighted by atomic mass is 9.50. The van der Waals surface area contributed by atoms with Crippen LogP contribution in [0.3, 0.4) is 0 Å². The van der Waals surface area contributed by atoms with Crippen molar-refractivity contribution in [3.8, 4) is 0 Å². The van der Waals surface area contributed by atoms with Crippen LogP contribution in [0.25, 0.3) is 0 Å². The minimum atomic E-state index is -0.109. The van der Waals surface area contributed by atoms with Crippen LogP contribution >= 0.6 is 0 Å². The Bertz CT molecular complexity index is 279. The SMILES string of the molecule is C=C1CCC2C(C)(CCC(O)C2(C)C)C1. The lowest BCUT2D eigenvalue weighted by Gasteiger charge is -2.56. The highest BCUT2D eigenvalue weighted by molar-refractivity contribution is 5.11. The average molecular weight is 208 g/mol. The molecule has 0 heterocycles. The van der Waals surface area contributed by atoms with Gasteiger partial charge in [-0.3, -0.25) is 0 Å². The van der Waals surface area contributed by atoms with Crippen LogP contribution in [0.1, 0.15) is 52.9 Å². The molecule has 0 amide bonds. The lowest BCUT2D eigenvalue weighted by molar-refractivity contribution is -0.104. The maximum absolute atomic E-state index is 10.1. The Morgan fingerprint density at radius 3 is 2.60 bits per heavy atom. The van der Waals surface area contributed by atoms with Gasteiger partial charge in [-0.05, 0) is 48.9 Å². The molecule has 0 aliphatic heterocycles. The van der Waals surface area contributed by atoms with Crippen LogP contribution in [0.5, 0.6) is 0 Å². The van der Waals surface area contributed by atoms with Gasteiger partial charge in [0.25, 0.3) is 0 Å². The van der Waals surface area contributed by atoms with E-state index in [1.165, 1.54) is 24.8 Å². The second-order valence-electron chi connectivity index (χ2n) is 6.55. The summed E-state index contributed by atoms with van der Waals surface area (Å²) in [5.74, 6) is 0.666. The van der Waals surface area contributed by atoms with Crippen molar-refractivity contribution < 1.29 is 5.11 Å². The fourth-order valence-corrected chi connectivity index (χ4v) is 4.08. The molecule has 3 atom stereocenters. The third-order valence-electron chi connectivity index (χ3n) is 5.03. The zero-order valence-electron chi connectivity index (χ0n) is 10.3. The molecule has 0 aromatic heterocycles. The maximum atomic E-state index is 10.1. The van der Waals surface area contributed by atoms with E-state index in [-0.39, 0.29) is 11.5 Å². The summed E-state index contributed by atoms with van der Waals surface area (Å²) < 4.78 is 0. The Morgan fingerprint density at radius 2 is 1.93 bits per heavy atom. The van der Waals surface area contributed by atoms with Crippen molar-refractivity contribution in [1.29, 1.82) is 0 Å². The molecule has 2 rings (SSSR count). The standard InChI is InChI=1S/C14H24O/c1-10-5-6-11-13(2,3)12(15)7-8-14(11,4)9-10/h11-12,15H,1,5-9H2,2-4H3. The molecule has 2 fully saturated rings. The molecule has 86 valence electrons. The van der Waals surface area contributed by atoms with Crippen molar-refractivity contribution in [2.75, 3.05) is 0 Å². The summed E-state index contributed by atoms with van der Waals surface area (Å²) in [4.78, 5) is 0. The fraction of sp³-hybridized carbons (Fsp3) is 0.857. The van der Waals surface area contributed by atoms with Gasteiger partial charge < -0.3 is 5.11 Å². The molecular formula is C14H24O. The van der Waals surface area contributed by atoms with Gasteiger partial charge >= 0.3 is 0 Å². The first-order chi connectivity index (χ1) is 6.86. The van der Waals surface area contributed by atoms with Gasteiger partial charge in [-0.25, -0.2) is 0 Å². The van der Waals surface area contributed by atoms with E-state index in [1.807, 2.05) is 0 Å². The fourth-order valence-electron chi connectivity index (χ4n) is 4.08. The smallest absolute Gasteiger partial charge is 0.0594 e. The summed E-state index contributed by atoms with van der Waals surface area (Å²) >= 11 is 0. The highest BCUT2D eigenvalue weighted by atomic mass is 16.3. The molecule has 3 unspecified atom stereocenters. The zero-order chi connectivity index (χ0) is 11.3. The predicted octanol–water partition coefficient (Wildman–Crippen LogP) is 3.53.